The topological polar surface area (TPSA) is 46.2 Å². The molecule has 0 unspecified atom stereocenters. The van der Waals surface area contributed by atoms with Crippen LogP contribution in [0.1, 0.15) is 0 Å². The molecule has 0 amide bonds. The SMILES string of the molecule is CNS(=O)(=O)c1csc2ccccc12. The predicted octanol–water partition coefficient (Wildman–Crippen LogP) is 1.81. The van der Waals surface area contributed by atoms with Gasteiger partial charge in [-0.3, -0.25) is 0 Å². The fourth-order valence-corrected chi connectivity index (χ4v) is 3.50. The molecular formula is C9H9NO2S2. The second kappa shape index (κ2) is 3.34. The number of rotatable bonds is 2. The molecule has 0 aliphatic heterocycles. The van der Waals surface area contributed by atoms with E-state index in [0.717, 1.165) is 10.1 Å². The zero-order valence-electron chi connectivity index (χ0n) is 7.52. The molecule has 1 aromatic carbocycles. The number of sulfonamides is 1. The molecule has 1 N–H and O–H groups in total. The summed E-state index contributed by atoms with van der Waals surface area (Å²) in [6.45, 7) is 0. The van der Waals surface area contributed by atoms with Crippen molar-refractivity contribution in [3.8, 4) is 0 Å². The lowest BCUT2D eigenvalue weighted by molar-refractivity contribution is 0.589. The molecule has 1 heterocycles. The van der Waals surface area contributed by atoms with Gasteiger partial charge in [-0.15, -0.1) is 11.3 Å². The largest absolute Gasteiger partial charge is 0.241 e. The quantitative estimate of drug-likeness (QED) is 0.850. The number of benzene rings is 1. The van der Waals surface area contributed by atoms with E-state index in [1.54, 1.807) is 5.38 Å². The Hall–Kier alpha value is -0.910. The number of nitrogens with one attached hydrogen (secondary N) is 1. The molecule has 2 aromatic rings. The first-order valence-electron chi connectivity index (χ1n) is 4.05. The Morgan fingerprint density at radius 1 is 1.29 bits per heavy atom. The van der Waals surface area contributed by atoms with E-state index in [1.165, 1.54) is 18.4 Å². The van der Waals surface area contributed by atoms with Crippen molar-refractivity contribution in [1.82, 2.24) is 4.72 Å². The lowest BCUT2D eigenvalue weighted by Gasteiger charge is -1.99. The van der Waals surface area contributed by atoms with Crippen molar-refractivity contribution in [3.05, 3.63) is 29.6 Å². The first kappa shape index (κ1) is 9.64. The van der Waals surface area contributed by atoms with Crippen molar-refractivity contribution >= 4 is 31.4 Å². The molecule has 0 fully saturated rings. The van der Waals surface area contributed by atoms with Gasteiger partial charge in [0.1, 0.15) is 4.90 Å². The molecule has 74 valence electrons. The maximum absolute atomic E-state index is 11.6. The Morgan fingerprint density at radius 3 is 2.71 bits per heavy atom. The molecule has 0 spiro atoms. The second-order valence-electron chi connectivity index (χ2n) is 2.80. The van der Waals surface area contributed by atoms with Crippen LogP contribution < -0.4 is 4.72 Å². The number of thiophene rings is 1. The highest BCUT2D eigenvalue weighted by Gasteiger charge is 2.16. The summed E-state index contributed by atoms with van der Waals surface area (Å²) in [6, 6.07) is 7.46. The van der Waals surface area contributed by atoms with Crippen LogP contribution in [0.2, 0.25) is 0 Å². The Bertz CT molecular complexity index is 557. The van der Waals surface area contributed by atoms with E-state index in [2.05, 4.69) is 4.72 Å². The van der Waals surface area contributed by atoms with Gasteiger partial charge in [0.2, 0.25) is 10.0 Å². The Morgan fingerprint density at radius 2 is 2.00 bits per heavy atom. The van der Waals surface area contributed by atoms with Gasteiger partial charge in [-0.2, -0.15) is 0 Å². The number of fused-ring (bicyclic) bond motifs is 1. The summed E-state index contributed by atoms with van der Waals surface area (Å²) >= 11 is 1.44. The summed E-state index contributed by atoms with van der Waals surface area (Å²) < 4.78 is 26.4. The zero-order valence-corrected chi connectivity index (χ0v) is 9.15. The molecule has 0 saturated heterocycles. The van der Waals surface area contributed by atoms with Crippen molar-refractivity contribution in [2.24, 2.45) is 0 Å². The smallest absolute Gasteiger partial charge is 0.214 e. The van der Waals surface area contributed by atoms with E-state index in [1.807, 2.05) is 24.3 Å². The van der Waals surface area contributed by atoms with Gasteiger partial charge in [0.15, 0.2) is 0 Å². The van der Waals surface area contributed by atoms with Crippen molar-refractivity contribution in [2.75, 3.05) is 7.05 Å². The highest BCUT2D eigenvalue weighted by molar-refractivity contribution is 7.89. The fraction of sp³-hybridized carbons (Fsp3) is 0.111. The first-order valence-corrected chi connectivity index (χ1v) is 6.41. The number of hydrogen-bond donors (Lipinski definition) is 1. The van der Waals surface area contributed by atoms with Crippen LogP contribution in [0.25, 0.3) is 10.1 Å². The first-order chi connectivity index (χ1) is 6.65. The molecule has 5 heteroatoms. The molecule has 3 nitrogen and oxygen atoms in total. The van der Waals surface area contributed by atoms with E-state index in [4.69, 9.17) is 0 Å². The lowest BCUT2D eigenvalue weighted by Crippen LogP contribution is -2.17. The van der Waals surface area contributed by atoms with E-state index < -0.39 is 10.0 Å². The Labute approximate surface area is 86.4 Å². The van der Waals surface area contributed by atoms with Gasteiger partial charge in [0.25, 0.3) is 0 Å². The number of hydrogen-bond acceptors (Lipinski definition) is 3. The fourth-order valence-electron chi connectivity index (χ4n) is 1.27. The Kier molecular flexibility index (Phi) is 2.30. The van der Waals surface area contributed by atoms with Crippen molar-refractivity contribution in [3.63, 3.8) is 0 Å². The third-order valence-corrected chi connectivity index (χ3v) is 4.57. The molecule has 0 aliphatic rings. The van der Waals surface area contributed by atoms with Crippen LogP contribution in [0.15, 0.2) is 34.5 Å². The molecular weight excluding hydrogens is 218 g/mol. The van der Waals surface area contributed by atoms with Gasteiger partial charge in [-0.1, -0.05) is 18.2 Å². The van der Waals surface area contributed by atoms with Crippen LogP contribution in [0.4, 0.5) is 0 Å². The van der Waals surface area contributed by atoms with Crippen LogP contribution >= 0.6 is 11.3 Å². The van der Waals surface area contributed by atoms with E-state index in [0.29, 0.717) is 4.90 Å². The molecule has 0 saturated carbocycles. The molecule has 1 aromatic heterocycles. The molecule has 2 rings (SSSR count). The summed E-state index contributed by atoms with van der Waals surface area (Å²) in [4.78, 5) is 0.362. The average Bonchev–Trinajstić information content (AvgIpc) is 2.61. The Balaban J connectivity index is 2.77. The van der Waals surface area contributed by atoms with Gasteiger partial charge in [-0.05, 0) is 13.1 Å². The van der Waals surface area contributed by atoms with Crippen LogP contribution in [-0.2, 0) is 10.0 Å². The van der Waals surface area contributed by atoms with E-state index in [9.17, 15) is 8.42 Å². The second-order valence-corrected chi connectivity index (χ2v) is 5.57. The summed E-state index contributed by atoms with van der Waals surface area (Å²) in [5.74, 6) is 0. The molecule has 0 atom stereocenters. The molecule has 0 aliphatic carbocycles. The third kappa shape index (κ3) is 1.43. The van der Waals surface area contributed by atoms with Crippen LogP contribution in [0.5, 0.6) is 0 Å². The molecule has 0 bridgehead atoms. The zero-order chi connectivity index (χ0) is 10.2. The van der Waals surface area contributed by atoms with Gasteiger partial charge >= 0.3 is 0 Å². The maximum Gasteiger partial charge on any atom is 0.241 e. The van der Waals surface area contributed by atoms with Gasteiger partial charge in [0, 0.05) is 15.5 Å². The standard InChI is InChI=1S/C9H9NO2S2/c1-10-14(11,12)9-6-13-8-5-3-2-4-7(8)9/h2-6,10H,1H3. The molecule has 14 heavy (non-hydrogen) atoms. The van der Waals surface area contributed by atoms with Crippen LogP contribution in [0, 0.1) is 0 Å². The monoisotopic (exact) mass is 227 g/mol. The highest BCUT2D eigenvalue weighted by Crippen LogP contribution is 2.28. The van der Waals surface area contributed by atoms with Crippen LogP contribution in [-0.4, -0.2) is 15.5 Å². The van der Waals surface area contributed by atoms with Gasteiger partial charge in [-0.25, -0.2) is 13.1 Å². The van der Waals surface area contributed by atoms with E-state index >= 15 is 0 Å². The summed E-state index contributed by atoms with van der Waals surface area (Å²) in [5.41, 5.74) is 0. The minimum atomic E-state index is -3.32. The minimum absolute atomic E-state index is 0.362. The molecule has 0 radical (unpaired) electrons. The summed E-state index contributed by atoms with van der Waals surface area (Å²) in [6.07, 6.45) is 0. The average molecular weight is 227 g/mol. The van der Waals surface area contributed by atoms with Gasteiger partial charge < -0.3 is 0 Å². The van der Waals surface area contributed by atoms with Crippen molar-refractivity contribution in [1.29, 1.82) is 0 Å². The minimum Gasteiger partial charge on any atom is -0.214 e. The third-order valence-electron chi connectivity index (χ3n) is 2.00. The predicted molar refractivity (Wildman–Crippen MR) is 58.1 cm³/mol. The van der Waals surface area contributed by atoms with E-state index in [-0.39, 0.29) is 0 Å². The highest BCUT2D eigenvalue weighted by atomic mass is 32.2. The van der Waals surface area contributed by atoms with Crippen LogP contribution in [0.3, 0.4) is 0 Å². The van der Waals surface area contributed by atoms with Gasteiger partial charge in [0.05, 0.1) is 0 Å². The maximum atomic E-state index is 11.6. The summed E-state index contributed by atoms with van der Waals surface area (Å²) in [7, 11) is -1.90. The lowest BCUT2D eigenvalue weighted by atomic mass is 10.3. The van der Waals surface area contributed by atoms with Crippen molar-refractivity contribution in [2.45, 2.75) is 4.90 Å². The summed E-state index contributed by atoms with van der Waals surface area (Å²) in [5, 5.41) is 2.45. The normalized spacial score (nSPS) is 12.1. The van der Waals surface area contributed by atoms with Crippen molar-refractivity contribution < 1.29 is 8.42 Å².